The molecule has 0 radical (unpaired) electrons. The van der Waals surface area contributed by atoms with Crippen molar-refractivity contribution in [3.8, 4) is 0 Å². The molecule has 1 aliphatic heterocycles. The molecule has 3 heterocycles. The summed E-state index contributed by atoms with van der Waals surface area (Å²) in [6, 6.07) is 11.5. The number of fused-ring (bicyclic) bond motifs is 1. The molecule has 25 heavy (non-hydrogen) atoms. The molecule has 1 N–H and O–H groups in total. The zero-order chi connectivity index (χ0) is 17.1. The molecule has 0 saturated carbocycles. The molecule has 126 valence electrons. The molecular formula is C19H19N5O. The Bertz CT molecular complexity index is 883. The minimum absolute atomic E-state index is 0.0453. The van der Waals surface area contributed by atoms with Crippen LogP contribution in [0.2, 0.25) is 0 Å². The number of anilines is 2. The highest BCUT2D eigenvalue weighted by molar-refractivity contribution is 5.95. The number of amides is 1. The Morgan fingerprint density at radius 1 is 1.08 bits per heavy atom. The van der Waals surface area contributed by atoms with Gasteiger partial charge in [0.25, 0.3) is 0 Å². The maximum absolute atomic E-state index is 12.7. The Morgan fingerprint density at radius 3 is 2.80 bits per heavy atom. The lowest BCUT2D eigenvalue weighted by Crippen LogP contribution is -2.41. The molecule has 1 saturated heterocycles. The normalized spacial score (nSPS) is 17.4. The average molecular weight is 333 g/mol. The minimum Gasteiger partial charge on any atom is -0.340 e. The van der Waals surface area contributed by atoms with E-state index in [4.69, 9.17) is 0 Å². The van der Waals surface area contributed by atoms with Crippen LogP contribution in [0.5, 0.6) is 0 Å². The first-order chi connectivity index (χ1) is 12.3. The summed E-state index contributed by atoms with van der Waals surface area (Å²) in [4.78, 5) is 27.7. The van der Waals surface area contributed by atoms with E-state index in [1.165, 1.54) is 0 Å². The lowest BCUT2D eigenvalue weighted by atomic mass is 9.97. The lowest BCUT2D eigenvalue weighted by Gasteiger charge is -2.31. The van der Waals surface area contributed by atoms with Crippen molar-refractivity contribution in [2.75, 3.05) is 23.3 Å². The number of carbonyl (C=O) groups is 1. The van der Waals surface area contributed by atoms with Crippen LogP contribution in [0, 0.1) is 5.92 Å². The Morgan fingerprint density at radius 2 is 1.92 bits per heavy atom. The van der Waals surface area contributed by atoms with E-state index in [-0.39, 0.29) is 11.8 Å². The second kappa shape index (κ2) is 6.84. The maximum Gasteiger partial charge on any atom is 0.229 e. The highest BCUT2D eigenvalue weighted by Gasteiger charge is 2.27. The highest BCUT2D eigenvalue weighted by atomic mass is 16.1. The van der Waals surface area contributed by atoms with Gasteiger partial charge < -0.3 is 10.2 Å². The number of hydrogen-bond donors (Lipinski definition) is 1. The van der Waals surface area contributed by atoms with Crippen molar-refractivity contribution in [1.29, 1.82) is 0 Å². The van der Waals surface area contributed by atoms with Crippen LogP contribution in [0.4, 0.5) is 11.6 Å². The fourth-order valence-electron chi connectivity index (χ4n) is 3.23. The molecule has 1 aromatic carbocycles. The van der Waals surface area contributed by atoms with Crippen LogP contribution in [0.3, 0.4) is 0 Å². The summed E-state index contributed by atoms with van der Waals surface area (Å²) in [7, 11) is 0. The van der Waals surface area contributed by atoms with Crippen molar-refractivity contribution in [1.82, 2.24) is 15.0 Å². The molecule has 1 aliphatic rings. The molecule has 1 atom stereocenters. The van der Waals surface area contributed by atoms with E-state index in [1.54, 1.807) is 24.7 Å². The molecule has 0 bridgehead atoms. The van der Waals surface area contributed by atoms with Gasteiger partial charge in [-0.15, -0.1) is 0 Å². The Balaban J connectivity index is 1.46. The van der Waals surface area contributed by atoms with Crippen LogP contribution < -0.4 is 10.2 Å². The van der Waals surface area contributed by atoms with Gasteiger partial charge in [-0.3, -0.25) is 9.78 Å². The largest absolute Gasteiger partial charge is 0.340 e. The van der Waals surface area contributed by atoms with Gasteiger partial charge in [0.05, 0.1) is 11.4 Å². The highest BCUT2D eigenvalue weighted by Crippen LogP contribution is 2.23. The fraction of sp³-hybridized carbons (Fsp3) is 0.263. The fourth-order valence-corrected chi connectivity index (χ4v) is 3.23. The van der Waals surface area contributed by atoms with Crippen molar-refractivity contribution in [3.63, 3.8) is 0 Å². The van der Waals surface area contributed by atoms with Crippen molar-refractivity contribution in [2.45, 2.75) is 12.8 Å². The average Bonchev–Trinajstić information content (AvgIpc) is 2.69. The van der Waals surface area contributed by atoms with Gasteiger partial charge in [0.1, 0.15) is 0 Å². The van der Waals surface area contributed by atoms with E-state index < -0.39 is 0 Å². The maximum atomic E-state index is 12.7. The molecule has 2 aromatic heterocycles. The molecule has 0 aliphatic carbocycles. The van der Waals surface area contributed by atoms with Gasteiger partial charge in [-0.25, -0.2) is 9.97 Å². The summed E-state index contributed by atoms with van der Waals surface area (Å²) in [5.74, 6) is 0.669. The van der Waals surface area contributed by atoms with Crippen LogP contribution in [0.25, 0.3) is 10.9 Å². The Kier molecular flexibility index (Phi) is 4.24. The molecule has 6 nitrogen and oxygen atoms in total. The first-order valence-electron chi connectivity index (χ1n) is 8.47. The van der Waals surface area contributed by atoms with E-state index in [0.717, 1.165) is 36.0 Å². The van der Waals surface area contributed by atoms with Gasteiger partial charge in [-0.2, -0.15) is 0 Å². The molecular weight excluding hydrogens is 314 g/mol. The second-order valence-electron chi connectivity index (χ2n) is 6.23. The van der Waals surface area contributed by atoms with E-state index in [1.807, 2.05) is 30.3 Å². The SMILES string of the molecule is O=C(Nc1ccc2ncccc2c1)[C@@H]1CCCN(c2ncccn2)C1. The summed E-state index contributed by atoms with van der Waals surface area (Å²) in [5, 5.41) is 4.06. The minimum atomic E-state index is -0.0675. The summed E-state index contributed by atoms with van der Waals surface area (Å²) in [6.07, 6.45) is 7.06. The number of nitrogens with zero attached hydrogens (tertiary/aromatic N) is 4. The van der Waals surface area contributed by atoms with Gasteiger partial charge in [0, 0.05) is 42.8 Å². The molecule has 6 heteroatoms. The number of nitrogens with one attached hydrogen (secondary N) is 1. The van der Waals surface area contributed by atoms with E-state index in [9.17, 15) is 4.79 Å². The number of rotatable bonds is 3. The van der Waals surface area contributed by atoms with E-state index >= 15 is 0 Å². The topological polar surface area (TPSA) is 71.0 Å². The summed E-state index contributed by atoms with van der Waals surface area (Å²) in [5.41, 5.74) is 1.73. The van der Waals surface area contributed by atoms with Crippen LogP contribution >= 0.6 is 0 Å². The summed E-state index contributed by atoms with van der Waals surface area (Å²) < 4.78 is 0. The van der Waals surface area contributed by atoms with Crippen LogP contribution in [0.1, 0.15) is 12.8 Å². The monoisotopic (exact) mass is 333 g/mol. The third kappa shape index (κ3) is 3.42. The van der Waals surface area contributed by atoms with Crippen molar-refractivity contribution in [2.24, 2.45) is 5.92 Å². The van der Waals surface area contributed by atoms with Gasteiger partial charge in [-0.1, -0.05) is 6.07 Å². The Labute approximate surface area is 145 Å². The Hall–Kier alpha value is -3.02. The van der Waals surface area contributed by atoms with Crippen molar-refractivity contribution < 1.29 is 4.79 Å². The van der Waals surface area contributed by atoms with E-state index in [2.05, 4.69) is 25.2 Å². The predicted molar refractivity (Wildman–Crippen MR) is 97.3 cm³/mol. The van der Waals surface area contributed by atoms with Gasteiger partial charge >= 0.3 is 0 Å². The molecule has 0 spiro atoms. The van der Waals surface area contributed by atoms with Crippen LogP contribution in [0.15, 0.2) is 55.0 Å². The van der Waals surface area contributed by atoms with Crippen LogP contribution in [-0.2, 0) is 4.79 Å². The number of pyridine rings is 1. The molecule has 1 amide bonds. The van der Waals surface area contributed by atoms with Gasteiger partial charge in [-0.05, 0) is 43.2 Å². The molecule has 3 aromatic rings. The predicted octanol–water partition coefficient (Wildman–Crippen LogP) is 2.88. The number of hydrogen-bond acceptors (Lipinski definition) is 5. The van der Waals surface area contributed by atoms with Crippen molar-refractivity contribution in [3.05, 3.63) is 55.0 Å². The quantitative estimate of drug-likeness (QED) is 0.798. The lowest BCUT2D eigenvalue weighted by molar-refractivity contribution is -0.120. The first kappa shape index (κ1) is 15.5. The zero-order valence-electron chi connectivity index (χ0n) is 13.8. The smallest absolute Gasteiger partial charge is 0.229 e. The van der Waals surface area contributed by atoms with Gasteiger partial charge in [0.15, 0.2) is 0 Å². The molecule has 1 fully saturated rings. The van der Waals surface area contributed by atoms with E-state index in [0.29, 0.717) is 12.5 Å². The number of aromatic nitrogens is 3. The third-order valence-corrected chi connectivity index (χ3v) is 4.50. The number of benzene rings is 1. The van der Waals surface area contributed by atoms with Gasteiger partial charge in [0.2, 0.25) is 11.9 Å². The zero-order valence-corrected chi connectivity index (χ0v) is 13.8. The molecule has 4 rings (SSSR count). The second-order valence-corrected chi connectivity index (χ2v) is 6.23. The third-order valence-electron chi connectivity index (χ3n) is 4.50. The van der Waals surface area contributed by atoms with Crippen LogP contribution in [-0.4, -0.2) is 33.9 Å². The molecule has 0 unspecified atom stereocenters. The van der Waals surface area contributed by atoms with Crippen molar-refractivity contribution >= 4 is 28.4 Å². The summed E-state index contributed by atoms with van der Waals surface area (Å²) in [6.45, 7) is 1.53. The summed E-state index contributed by atoms with van der Waals surface area (Å²) >= 11 is 0. The first-order valence-corrected chi connectivity index (χ1v) is 8.47. The number of carbonyl (C=O) groups excluding carboxylic acids is 1. The number of piperidine rings is 1. The standard InChI is InChI=1S/C19H19N5O/c25-18(23-16-6-7-17-14(12-16)4-1-8-20-17)15-5-2-11-24(13-15)19-21-9-3-10-22-19/h1,3-4,6-10,12,15H,2,5,11,13H2,(H,23,25)/t15-/m1/s1.